The van der Waals surface area contributed by atoms with E-state index >= 15 is 0 Å². The minimum Gasteiger partial charge on any atom is -0.479 e. The van der Waals surface area contributed by atoms with Crippen LogP contribution >= 0.6 is 11.6 Å². The van der Waals surface area contributed by atoms with Gasteiger partial charge in [-0.15, -0.1) is 0 Å². The highest BCUT2D eigenvalue weighted by Gasteiger charge is 2.24. The Bertz CT molecular complexity index is 1140. The summed E-state index contributed by atoms with van der Waals surface area (Å²) in [6, 6.07) is 12.5. The van der Waals surface area contributed by atoms with E-state index in [2.05, 4.69) is 15.7 Å². The van der Waals surface area contributed by atoms with E-state index in [9.17, 15) is 9.59 Å². The first-order valence-electron chi connectivity index (χ1n) is 9.54. The van der Waals surface area contributed by atoms with Gasteiger partial charge in [0.05, 0.1) is 23.5 Å². The molecule has 0 aliphatic carbocycles. The Kier molecular flexibility index (Phi) is 5.22. The zero-order chi connectivity index (χ0) is 21.4. The van der Waals surface area contributed by atoms with Crippen LogP contribution in [-0.2, 0) is 16.0 Å². The Balaban J connectivity index is 1.50. The fourth-order valence-corrected chi connectivity index (χ4v) is 3.54. The van der Waals surface area contributed by atoms with E-state index in [0.717, 1.165) is 22.6 Å². The highest BCUT2D eigenvalue weighted by atomic mass is 35.5. The molecule has 1 aliphatic rings. The molecule has 7 nitrogen and oxygen atoms in total. The Morgan fingerprint density at radius 2 is 1.97 bits per heavy atom. The summed E-state index contributed by atoms with van der Waals surface area (Å²) in [6.45, 7) is 5.50. The van der Waals surface area contributed by atoms with Gasteiger partial charge in [0.2, 0.25) is 5.91 Å². The van der Waals surface area contributed by atoms with Crippen molar-refractivity contribution in [3.05, 3.63) is 64.4 Å². The van der Waals surface area contributed by atoms with Crippen LogP contribution in [0.5, 0.6) is 5.75 Å². The van der Waals surface area contributed by atoms with Crippen LogP contribution in [0.1, 0.15) is 23.9 Å². The molecule has 1 aromatic heterocycles. The molecule has 4 rings (SSSR count). The average molecular weight is 425 g/mol. The Hall–Kier alpha value is -3.32. The molecule has 0 radical (unpaired) electrons. The largest absolute Gasteiger partial charge is 0.479 e. The molecule has 2 aromatic carbocycles. The van der Waals surface area contributed by atoms with Crippen molar-refractivity contribution in [2.75, 3.05) is 10.6 Å². The number of benzene rings is 2. The zero-order valence-electron chi connectivity index (χ0n) is 16.8. The smallest absolute Gasteiger partial charge is 0.265 e. The molecule has 0 unspecified atom stereocenters. The second-order valence-electron chi connectivity index (χ2n) is 7.22. The van der Waals surface area contributed by atoms with Crippen LogP contribution in [0, 0.1) is 13.8 Å². The molecule has 0 saturated heterocycles. The molecule has 8 heteroatoms. The predicted octanol–water partition coefficient (Wildman–Crippen LogP) is 4.04. The molecular formula is C22H21ClN4O3. The lowest BCUT2D eigenvalue weighted by molar-refractivity contribution is -0.122. The zero-order valence-corrected chi connectivity index (χ0v) is 17.6. The number of aromatic nitrogens is 2. The number of nitrogens with one attached hydrogen (secondary N) is 2. The van der Waals surface area contributed by atoms with Gasteiger partial charge >= 0.3 is 0 Å². The Morgan fingerprint density at radius 3 is 2.70 bits per heavy atom. The minimum absolute atomic E-state index is 0.173. The Labute approximate surface area is 179 Å². The molecule has 154 valence electrons. The number of fused-ring (bicyclic) bond motifs is 1. The predicted molar refractivity (Wildman–Crippen MR) is 116 cm³/mol. The summed E-state index contributed by atoms with van der Waals surface area (Å²) in [4.78, 5) is 24.5. The van der Waals surface area contributed by atoms with Gasteiger partial charge in [0, 0.05) is 22.0 Å². The number of anilines is 2. The van der Waals surface area contributed by atoms with Crippen LogP contribution in [0.15, 0.2) is 42.5 Å². The number of aryl methyl sites for hydroxylation is 1. The molecule has 0 bridgehead atoms. The van der Waals surface area contributed by atoms with Gasteiger partial charge in [0.25, 0.3) is 5.91 Å². The normalized spacial score (nSPS) is 15.2. The summed E-state index contributed by atoms with van der Waals surface area (Å²) in [5.41, 5.74) is 4.55. The van der Waals surface area contributed by atoms with Crippen LogP contribution in [0.2, 0.25) is 5.02 Å². The number of rotatable bonds is 4. The second-order valence-corrected chi connectivity index (χ2v) is 7.66. The second kappa shape index (κ2) is 7.84. The van der Waals surface area contributed by atoms with E-state index in [0.29, 0.717) is 22.1 Å². The van der Waals surface area contributed by atoms with Crippen molar-refractivity contribution in [3.63, 3.8) is 0 Å². The van der Waals surface area contributed by atoms with E-state index in [4.69, 9.17) is 16.3 Å². The van der Waals surface area contributed by atoms with Crippen LogP contribution in [0.25, 0.3) is 5.69 Å². The number of hydrogen-bond donors (Lipinski definition) is 2. The maximum absolute atomic E-state index is 12.7. The molecular weight excluding hydrogens is 404 g/mol. The van der Waals surface area contributed by atoms with Crippen molar-refractivity contribution in [2.45, 2.75) is 33.3 Å². The van der Waals surface area contributed by atoms with Gasteiger partial charge in [-0.2, -0.15) is 5.10 Å². The van der Waals surface area contributed by atoms with Crippen LogP contribution in [0.3, 0.4) is 0 Å². The monoisotopic (exact) mass is 424 g/mol. The lowest BCUT2D eigenvalue weighted by atomic mass is 10.1. The van der Waals surface area contributed by atoms with E-state index in [1.807, 2.05) is 26.0 Å². The third-order valence-electron chi connectivity index (χ3n) is 5.04. The topological polar surface area (TPSA) is 85.3 Å². The first kappa shape index (κ1) is 20.0. The van der Waals surface area contributed by atoms with Crippen molar-refractivity contribution >= 4 is 34.8 Å². The van der Waals surface area contributed by atoms with Gasteiger partial charge in [-0.25, -0.2) is 4.68 Å². The van der Waals surface area contributed by atoms with Crippen molar-refractivity contribution in [1.82, 2.24) is 9.78 Å². The maximum atomic E-state index is 12.7. The van der Waals surface area contributed by atoms with Gasteiger partial charge in [-0.1, -0.05) is 11.6 Å². The summed E-state index contributed by atoms with van der Waals surface area (Å²) in [7, 11) is 0. The molecule has 30 heavy (non-hydrogen) atoms. The van der Waals surface area contributed by atoms with Crippen molar-refractivity contribution < 1.29 is 14.3 Å². The average Bonchev–Trinajstić information content (AvgIpc) is 2.98. The standard InChI is InChI=1S/C22H21ClN4O3/c1-12-18(13(2)27(26-12)17-7-4-15(23)5-8-17)11-21(28)24-16-6-9-20-19(10-16)25-22(29)14(3)30-20/h4-10,14H,11H2,1-3H3,(H,24,28)(H,25,29)/t14-/m0/s1. The van der Waals surface area contributed by atoms with E-state index in [1.54, 1.807) is 41.9 Å². The van der Waals surface area contributed by atoms with Gasteiger partial charge in [0.15, 0.2) is 6.10 Å². The molecule has 1 aliphatic heterocycles. The highest BCUT2D eigenvalue weighted by Crippen LogP contribution is 2.32. The molecule has 0 spiro atoms. The van der Waals surface area contributed by atoms with Crippen LogP contribution < -0.4 is 15.4 Å². The first-order valence-corrected chi connectivity index (χ1v) is 9.92. The number of carbonyl (C=O) groups is 2. The lowest BCUT2D eigenvalue weighted by Crippen LogP contribution is -2.34. The fourth-order valence-electron chi connectivity index (χ4n) is 3.42. The summed E-state index contributed by atoms with van der Waals surface area (Å²) >= 11 is 5.97. The van der Waals surface area contributed by atoms with E-state index in [-0.39, 0.29) is 18.2 Å². The summed E-state index contributed by atoms with van der Waals surface area (Å²) in [6.07, 6.45) is -0.358. The van der Waals surface area contributed by atoms with Crippen LogP contribution in [0.4, 0.5) is 11.4 Å². The number of nitrogens with zero attached hydrogens (tertiary/aromatic N) is 2. The SMILES string of the molecule is Cc1nn(-c2ccc(Cl)cc2)c(C)c1CC(=O)Nc1ccc2c(c1)NC(=O)[C@H](C)O2. The third-order valence-corrected chi connectivity index (χ3v) is 5.30. The fraction of sp³-hybridized carbons (Fsp3) is 0.227. The van der Waals surface area contributed by atoms with Gasteiger partial charge in [-0.05, 0) is 63.2 Å². The first-order chi connectivity index (χ1) is 14.3. The van der Waals surface area contributed by atoms with Gasteiger partial charge < -0.3 is 15.4 Å². The summed E-state index contributed by atoms with van der Waals surface area (Å²) in [5, 5.41) is 10.9. The number of hydrogen-bond acceptors (Lipinski definition) is 4. The maximum Gasteiger partial charge on any atom is 0.265 e. The lowest BCUT2D eigenvalue weighted by Gasteiger charge is -2.23. The molecule has 3 aromatic rings. The van der Waals surface area contributed by atoms with Gasteiger partial charge in [-0.3, -0.25) is 9.59 Å². The van der Waals surface area contributed by atoms with Crippen molar-refractivity contribution in [2.24, 2.45) is 0 Å². The number of amides is 2. The summed E-state index contributed by atoms with van der Waals surface area (Å²) in [5.74, 6) is 0.191. The molecule has 2 N–H and O–H groups in total. The molecule has 2 heterocycles. The molecule has 1 atom stereocenters. The van der Waals surface area contributed by atoms with E-state index < -0.39 is 6.10 Å². The molecule has 0 saturated carbocycles. The number of halogens is 1. The summed E-state index contributed by atoms with van der Waals surface area (Å²) < 4.78 is 7.35. The van der Waals surface area contributed by atoms with Crippen molar-refractivity contribution in [3.8, 4) is 11.4 Å². The van der Waals surface area contributed by atoms with E-state index in [1.165, 1.54) is 0 Å². The number of carbonyl (C=O) groups excluding carboxylic acids is 2. The quantitative estimate of drug-likeness (QED) is 0.661. The van der Waals surface area contributed by atoms with Gasteiger partial charge in [0.1, 0.15) is 5.75 Å². The highest BCUT2D eigenvalue weighted by molar-refractivity contribution is 6.30. The third kappa shape index (κ3) is 3.89. The Morgan fingerprint density at radius 1 is 1.23 bits per heavy atom. The van der Waals surface area contributed by atoms with Crippen molar-refractivity contribution in [1.29, 1.82) is 0 Å². The molecule has 2 amide bonds. The number of ether oxygens (including phenoxy) is 1. The van der Waals surface area contributed by atoms with Crippen LogP contribution in [-0.4, -0.2) is 27.7 Å². The molecule has 0 fully saturated rings. The minimum atomic E-state index is -0.541.